The smallest absolute Gasteiger partial charge is 0.756 e. The molecule has 0 aromatic heterocycles. The third kappa shape index (κ3) is 19.2. The normalized spacial score (nSPS) is 15.0. The van der Waals surface area contributed by atoms with Crippen molar-refractivity contribution in [1.29, 1.82) is 0 Å². The maximum absolute atomic E-state index is 11.3. The number of unbranched alkanes of at least 4 members (excludes halogenated alkanes) is 9. The van der Waals surface area contributed by atoms with E-state index in [0.717, 1.165) is 12.8 Å². The third-order valence-corrected chi connectivity index (χ3v) is 4.35. The minimum atomic E-state index is -4.36. The topological polar surface area (TPSA) is 99.1 Å². The van der Waals surface area contributed by atoms with Crippen LogP contribution >= 0.6 is 7.82 Å². The van der Waals surface area contributed by atoms with Gasteiger partial charge in [0.05, 0.1) is 19.8 Å². The summed E-state index contributed by atoms with van der Waals surface area (Å²) < 4.78 is 20.4. The second-order valence-electron chi connectivity index (χ2n) is 5.59. The van der Waals surface area contributed by atoms with Gasteiger partial charge >= 0.3 is 29.6 Å². The molecule has 0 spiro atoms. The van der Waals surface area contributed by atoms with Gasteiger partial charge in [-0.15, -0.1) is 0 Å². The number of phosphoric ester groups is 1. The molecule has 0 heterocycles. The van der Waals surface area contributed by atoms with E-state index in [4.69, 9.17) is 10.2 Å². The predicted molar refractivity (Wildman–Crippen MR) is 84.4 cm³/mol. The van der Waals surface area contributed by atoms with Gasteiger partial charge in [-0.3, -0.25) is 4.57 Å². The van der Waals surface area contributed by atoms with Gasteiger partial charge in [0, 0.05) is 0 Å². The molecule has 0 fully saturated rings. The molecule has 6 nitrogen and oxygen atoms in total. The van der Waals surface area contributed by atoms with Crippen molar-refractivity contribution in [2.24, 2.45) is 0 Å². The Labute approximate surface area is 162 Å². The number of rotatable bonds is 16. The molecule has 2 N–H and O–H groups in total. The number of phosphoric acid groups is 1. The maximum atomic E-state index is 11.3. The van der Waals surface area contributed by atoms with Gasteiger partial charge in [0.1, 0.15) is 6.10 Å². The Bertz CT molecular complexity index is 293. The molecule has 134 valence electrons. The fourth-order valence-corrected chi connectivity index (χ4v) is 2.82. The molecular formula is C15H32NaO6P. The molecule has 2 unspecified atom stereocenters. The summed E-state index contributed by atoms with van der Waals surface area (Å²) in [6.45, 7) is 1.29. The van der Waals surface area contributed by atoms with Crippen LogP contribution in [-0.2, 0) is 13.6 Å². The van der Waals surface area contributed by atoms with Gasteiger partial charge in [-0.2, -0.15) is 0 Å². The SMILES string of the molecule is CCCCCCCCCCCCOP(=O)([O-])OCC(O)CO.[Na+]. The number of aliphatic hydroxyl groups excluding tert-OH is 2. The fraction of sp³-hybridized carbons (Fsp3) is 1.00. The largest absolute Gasteiger partial charge is 1.00 e. The summed E-state index contributed by atoms with van der Waals surface area (Å²) >= 11 is 0. The molecule has 0 saturated heterocycles. The molecule has 0 aliphatic rings. The predicted octanol–water partition coefficient (Wildman–Crippen LogP) is -0.234. The molecule has 23 heavy (non-hydrogen) atoms. The van der Waals surface area contributed by atoms with Crippen molar-refractivity contribution >= 4 is 7.82 Å². The molecule has 8 heteroatoms. The van der Waals surface area contributed by atoms with Gasteiger partial charge in [0.2, 0.25) is 0 Å². The summed E-state index contributed by atoms with van der Waals surface area (Å²) in [6, 6.07) is 0. The first-order valence-electron chi connectivity index (χ1n) is 8.41. The minimum absolute atomic E-state index is 0. The molecule has 2 atom stereocenters. The molecular weight excluding hydrogens is 330 g/mol. The maximum Gasteiger partial charge on any atom is 1.00 e. The molecule has 0 radical (unpaired) electrons. The van der Waals surface area contributed by atoms with Gasteiger partial charge in [-0.25, -0.2) is 0 Å². The van der Waals surface area contributed by atoms with Crippen LogP contribution in [0, 0.1) is 0 Å². The second-order valence-corrected chi connectivity index (χ2v) is 7.01. The molecule has 0 rings (SSSR count). The van der Waals surface area contributed by atoms with Crippen molar-refractivity contribution in [2.45, 2.75) is 77.2 Å². The Balaban J connectivity index is 0. The van der Waals surface area contributed by atoms with E-state index < -0.39 is 27.1 Å². The molecule has 0 saturated carbocycles. The van der Waals surface area contributed by atoms with Crippen LogP contribution < -0.4 is 34.5 Å². The third-order valence-electron chi connectivity index (χ3n) is 3.38. The van der Waals surface area contributed by atoms with E-state index in [0.29, 0.717) is 6.42 Å². The van der Waals surface area contributed by atoms with Gasteiger partial charge in [-0.05, 0) is 6.42 Å². The van der Waals surface area contributed by atoms with Crippen molar-refractivity contribution in [1.82, 2.24) is 0 Å². The fourth-order valence-electron chi connectivity index (χ4n) is 2.03. The first-order chi connectivity index (χ1) is 10.5. The van der Waals surface area contributed by atoms with Gasteiger partial charge in [0.25, 0.3) is 7.82 Å². The summed E-state index contributed by atoms with van der Waals surface area (Å²) in [6.07, 6.45) is 10.4. The molecule has 0 aliphatic carbocycles. The summed E-state index contributed by atoms with van der Waals surface area (Å²) in [5.41, 5.74) is 0. The Hall–Kier alpha value is 1.03. The van der Waals surface area contributed by atoms with E-state index in [-0.39, 0.29) is 36.2 Å². The standard InChI is InChI=1S/C15H33O6P.Na/c1-2-3-4-5-6-7-8-9-10-11-12-20-22(18,19)21-14-15(17)13-16;/h15-17H,2-14H2,1H3,(H,18,19);/q;+1/p-1. The van der Waals surface area contributed by atoms with E-state index >= 15 is 0 Å². The zero-order chi connectivity index (χ0) is 16.7. The van der Waals surface area contributed by atoms with Crippen LogP contribution in [0.25, 0.3) is 0 Å². The van der Waals surface area contributed by atoms with E-state index in [9.17, 15) is 9.46 Å². The van der Waals surface area contributed by atoms with E-state index in [2.05, 4.69) is 16.0 Å². The van der Waals surface area contributed by atoms with Crippen molar-refractivity contribution in [2.75, 3.05) is 19.8 Å². The first kappa shape index (κ1) is 26.3. The van der Waals surface area contributed by atoms with Crippen LogP contribution in [-0.4, -0.2) is 36.1 Å². The number of hydrogen-bond donors (Lipinski definition) is 2. The average Bonchev–Trinajstić information content (AvgIpc) is 2.50. The quantitative estimate of drug-likeness (QED) is 0.223. The Kier molecular flexibility index (Phi) is 20.4. The molecule has 0 aromatic carbocycles. The summed E-state index contributed by atoms with van der Waals surface area (Å²) in [5, 5.41) is 17.5. The summed E-state index contributed by atoms with van der Waals surface area (Å²) in [5.74, 6) is 0. The zero-order valence-electron chi connectivity index (χ0n) is 14.7. The van der Waals surface area contributed by atoms with E-state index in [1.54, 1.807) is 0 Å². The van der Waals surface area contributed by atoms with Gasteiger partial charge < -0.3 is 24.2 Å². The van der Waals surface area contributed by atoms with Crippen molar-refractivity contribution in [3.05, 3.63) is 0 Å². The summed E-state index contributed by atoms with van der Waals surface area (Å²) in [4.78, 5) is 11.3. The Morgan fingerprint density at radius 2 is 1.43 bits per heavy atom. The molecule has 0 bridgehead atoms. The van der Waals surface area contributed by atoms with Crippen LogP contribution in [0.2, 0.25) is 0 Å². The van der Waals surface area contributed by atoms with Crippen molar-refractivity contribution < 1.29 is 58.3 Å². The van der Waals surface area contributed by atoms with Crippen LogP contribution in [0.3, 0.4) is 0 Å². The van der Waals surface area contributed by atoms with Crippen LogP contribution in [0.1, 0.15) is 71.1 Å². The Morgan fingerprint density at radius 3 is 1.91 bits per heavy atom. The molecule has 0 aromatic rings. The second kappa shape index (κ2) is 17.8. The van der Waals surface area contributed by atoms with Crippen LogP contribution in [0.5, 0.6) is 0 Å². The van der Waals surface area contributed by atoms with Crippen molar-refractivity contribution in [3.8, 4) is 0 Å². The van der Waals surface area contributed by atoms with E-state index in [1.165, 1.54) is 44.9 Å². The average molecular weight is 362 g/mol. The zero-order valence-corrected chi connectivity index (χ0v) is 17.6. The first-order valence-corrected chi connectivity index (χ1v) is 9.87. The van der Waals surface area contributed by atoms with Crippen LogP contribution in [0.15, 0.2) is 0 Å². The van der Waals surface area contributed by atoms with Crippen molar-refractivity contribution in [3.63, 3.8) is 0 Å². The number of aliphatic hydroxyl groups is 2. The van der Waals surface area contributed by atoms with Gasteiger partial charge in [0.15, 0.2) is 0 Å². The van der Waals surface area contributed by atoms with E-state index in [1.807, 2.05) is 0 Å². The minimum Gasteiger partial charge on any atom is -0.756 e. The molecule has 0 amide bonds. The molecule has 0 aliphatic heterocycles. The summed E-state index contributed by atoms with van der Waals surface area (Å²) in [7, 11) is -4.36. The van der Waals surface area contributed by atoms with Gasteiger partial charge in [-0.1, -0.05) is 64.7 Å². The monoisotopic (exact) mass is 362 g/mol. The Morgan fingerprint density at radius 1 is 0.957 bits per heavy atom. The van der Waals surface area contributed by atoms with Crippen LogP contribution in [0.4, 0.5) is 0 Å². The number of hydrogen-bond acceptors (Lipinski definition) is 6.